The first-order chi connectivity index (χ1) is 22.6. The van der Waals surface area contributed by atoms with E-state index in [9.17, 15) is 19.5 Å². The van der Waals surface area contributed by atoms with Crippen LogP contribution in [0.3, 0.4) is 0 Å². The predicted molar refractivity (Wildman–Crippen MR) is 192 cm³/mol. The Labute approximate surface area is 286 Å². The molecule has 0 saturated heterocycles. The number of likely N-dealkylation sites (N-methyl/N-ethyl adjacent to an activating group) is 1. The minimum Gasteiger partial charge on any atom is -0.477 e. The first kappa shape index (κ1) is 44.0. The minimum absolute atomic E-state index is 0.0334. The molecule has 0 aromatic rings. The molecule has 8 heteroatoms. The van der Waals surface area contributed by atoms with Gasteiger partial charge in [0.05, 0.1) is 34.4 Å². The third kappa shape index (κ3) is 28.9. The fraction of sp³-hybridized carbons (Fsp3) is 0.667. The molecule has 0 rings (SSSR count). The summed E-state index contributed by atoms with van der Waals surface area (Å²) in [6.07, 6.45) is 34.4. The normalized spacial score (nSPS) is 13.8. The molecule has 0 saturated carbocycles. The predicted octanol–water partition coefficient (Wildman–Crippen LogP) is 8.68. The second-order valence-electron chi connectivity index (χ2n) is 12.7. The van der Waals surface area contributed by atoms with Gasteiger partial charge in [0.25, 0.3) is 0 Å². The molecule has 47 heavy (non-hydrogen) atoms. The second kappa shape index (κ2) is 30.4. The van der Waals surface area contributed by atoms with E-state index in [0.717, 1.165) is 57.8 Å². The molecule has 0 fully saturated rings. The largest absolute Gasteiger partial charge is 0.477 e. The maximum Gasteiger partial charge on any atom is 0.362 e. The molecule has 0 radical (unpaired) electrons. The van der Waals surface area contributed by atoms with Crippen LogP contribution < -0.4 is 0 Å². The van der Waals surface area contributed by atoms with E-state index in [-0.39, 0.29) is 49.1 Å². The molecule has 0 aliphatic heterocycles. The molecule has 0 heterocycles. The first-order valence-electron chi connectivity index (χ1n) is 17.8. The third-order valence-corrected chi connectivity index (χ3v) is 7.41. The number of carboxylic acids is 1. The van der Waals surface area contributed by atoms with Gasteiger partial charge in [-0.25, -0.2) is 4.79 Å². The van der Waals surface area contributed by atoms with E-state index < -0.39 is 18.1 Å². The van der Waals surface area contributed by atoms with Gasteiger partial charge in [0.15, 0.2) is 12.1 Å². The van der Waals surface area contributed by atoms with Crippen molar-refractivity contribution in [3.63, 3.8) is 0 Å². The van der Waals surface area contributed by atoms with Crippen molar-refractivity contribution in [3.05, 3.63) is 60.8 Å². The topological polar surface area (TPSA) is 99.1 Å². The quantitative estimate of drug-likeness (QED) is 0.0356. The number of carbonyl (C=O) groups is 3. The van der Waals surface area contributed by atoms with E-state index in [0.29, 0.717) is 19.3 Å². The van der Waals surface area contributed by atoms with Crippen molar-refractivity contribution in [3.8, 4) is 0 Å². The number of hydrogen-bond acceptors (Lipinski definition) is 6. The van der Waals surface area contributed by atoms with E-state index in [2.05, 4.69) is 68.5 Å². The molecule has 268 valence electrons. The van der Waals surface area contributed by atoms with Crippen LogP contribution in [0.5, 0.6) is 0 Å². The number of nitrogens with zero attached hydrogens (tertiary/aromatic N) is 1. The van der Waals surface area contributed by atoms with Gasteiger partial charge in [-0.3, -0.25) is 9.59 Å². The van der Waals surface area contributed by atoms with Crippen molar-refractivity contribution >= 4 is 17.9 Å². The zero-order valence-corrected chi connectivity index (χ0v) is 30.2. The Balaban J connectivity index is 4.52. The van der Waals surface area contributed by atoms with Crippen LogP contribution >= 0.6 is 0 Å². The Morgan fingerprint density at radius 3 is 1.83 bits per heavy atom. The van der Waals surface area contributed by atoms with Crippen LogP contribution in [0, 0.1) is 0 Å². The van der Waals surface area contributed by atoms with Gasteiger partial charge in [-0.2, -0.15) is 0 Å². The zero-order valence-electron chi connectivity index (χ0n) is 30.2. The highest BCUT2D eigenvalue weighted by Gasteiger charge is 2.31. The first-order valence-corrected chi connectivity index (χ1v) is 17.8. The molecule has 1 N–H and O–H groups in total. The van der Waals surface area contributed by atoms with Gasteiger partial charge in [0.1, 0.15) is 6.61 Å². The summed E-state index contributed by atoms with van der Waals surface area (Å²) in [4.78, 5) is 36.5. The van der Waals surface area contributed by atoms with Crippen LogP contribution in [0.15, 0.2) is 60.8 Å². The van der Waals surface area contributed by atoms with Crippen molar-refractivity contribution < 1.29 is 38.2 Å². The summed E-state index contributed by atoms with van der Waals surface area (Å²) < 4.78 is 17.0. The third-order valence-electron chi connectivity index (χ3n) is 7.41. The van der Waals surface area contributed by atoms with Gasteiger partial charge >= 0.3 is 17.9 Å². The Kier molecular flexibility index (Phi) is 28.4. The number of ether oxygens (including phenoxy) is 3. The number of unbranched alkanes of at least 4 members (excludes halogenated alkanes) is 6. The monoisotopic (exact) mass is 660 g/mol. The van der Waals surface area contributed by atoms with Crippen LogP contribution in [0.25, 0.3) is 0 Å². The lowest BCUT2D eigenvalue weighted by Crippen LogP contribution is -2.50. The number of carboxylic acid groups (broad SMARTS) is 1. The second-order valence-corrected chi connectivity index (χ2v) is 12.7. The fourth-order valence-electron chi connectivity index (χ4n) is 4.63. The molecule has 2 atom stereocenters. The summed E-state index contributed by atoms with van der Waals surface area (Å²) in [7, 11) is 5.48. The van der Waals surface area contributed by atoms with Gasteiger partial charge in [-0.15, -0.1) is 0 Å². The molecular formula is C39H66NO7+. The molecule has 8 nitrogen and oxygen atoms in total. The fourth-order valence-corrected chi connectivity index (χ4v) is 4.63. The number of allylic oxidation sites excluding steroid dienone is 10. The minimum atomic E-state index is -0.889. The Bertz CT molecular complexity index is 959. The molecule has 0 aromatic carbocycles. The molecule has 0 spiro atoms. The Morgan fingerprint density at radius 1 is 0.660 bits per heavy atom. The van der Waals surface area contributed by atoms with Crippen molar-refractivity contribution in [2.75, 3.05) is 41.0 Å². The van der Waals surface area contributed by atoms with E-state index in [1.165, 1.54) is 12.8 Å². The Hall–Kier alpha value is -2.97. The maximum absolute atomic E-state index is 12.6. The smallest absolute Gasteiger partial charge is 0.362 e. The van der Waals surface area contributed by atoms with Gasteiger partial charge < -0.3 is 23.8 Å². The van der Waals surface area contributed by atoms with Crippen molar-refractivity contribution in [1.29, 1.82) is 0 Å². The average molecular weight is 661 g/mol. The summed E-state index contributed by atoms with van der Waals surface area (Å²) in [6, 6.07) is -0.625. The SMILES string of the molecule is CC/C=C/C/C=C/C/C=C/C/C=C/CCCCCC(=O)OC(COCCC(C(=O)O)[N+](C)(C)C)COC(=O)CC/C=C/CCCCC. The van der Waals surface area contributed by atoms with Gasteiger partial charge in [0.2, 0.25) is 0 Å². The lowest BCUT2D eigenvalue weighted by atomic mass is 10.1. The molecule has 0 bridgehead atoms. The lowest BCUT2D eigenvalue weighted by molar-refractivity contribution is -0.887. The molecule has 0 aliphatic carbocycles. The molecule has 2 unspecified atom stereocenters. The zero-order chi connectivity index (χ0) is 35.0. The lowest BCUT2D eigenvalue weighted by Gasteiger charge is -2.31. The van der Waals surface area contributed by atoms with E-state index in [1.807, 2.05) is 27.2 Å². The molecule has 0 aliphatic rings. The van der Waals surface area contributed by atoms with Gasteiger partial charge in [0, 0.05) is 19.3 Å². The number of aliphatic carboxylic acids is 1. The van der Waals surface area contributed by atoms with Crippen LogP contribution in [-0.2, 0) is 28.6 Å². The van der Waals surface area contributed by atoms with Crippen LogP contribution in [0.2, 0.25) is 0 Å². The highest BCUT2D eigenvalue weighted by Crippen LogP contribution is 2.11. The Morgan fingerprint density at radius 2 is 1.23 bits per heavy atom. The van der Waals surface area contributed by atoms with Crippen molar-refractivity contribution in [2.45, 2.75) is 129 Å². The summed E-state index contributed by atoms with van der Waals surface area (Å²) in [6.45, 7) is 4.44. The molecule has 0 amide bonds. The average Bonchev–Trinajstić information content (AvgIpc) is 3.01. The van der Waals surface area contributed by atoms with Crippen molar-refractivity contribution in [1.82, 2.24) is 0 Å². The van der Waals surface area contributed by atoms with Crippen molar-refractivity contribution in [2.24, 2.45) is 0 Å². The van der Waals surface area contributed by atoms with Gasteiger partial charge in [-0.1, -0.05) is 93.9 Å². The van der Waals surface area contributed by atoms with Crippen LogP contribution in [0.4, 0.5) is 0 Å². The number of esters is 2. The maximum atomic E-state index is 12.6. The summed E-state index contributed by atoms with van der Waals surface area (Å²) >= 11 is 0. The standard InChI is InChI=1S/C39H65NO7/c1-6-8-10-12-14-15-16-17-18-19-20-21-22-24-26-28-30-38(42)47-35(33-45-32-31-36(39(43)44)40(3,4)5)34-46-37(41)29-27-25-23-13-11-9-7-2/h8,10,14-15,17-18,20-21,23,25,35-36H,6-7,9,11-13,16,19,22,24,26-34H2,1-5H3/p+1/b10-8+,15-14+,18-17+,21-20+,25-23+. The van der Waals surface area contributed by atoms with E-state index >= 15 is 0 Å². The summed E-state index contributed by atoms with van der Waals surface area (Å²) in [5.74, 6) is -1.59. The summed E-state index contributed by atoms with van der Waals surface area (Å²) in [5, 5.41) is 9.55. The van der Waals surface area contributed by atoms with E-state index in [1.54, 1.807) is 0 Å². The number of rotatable bonds is 30. The van der Waals surface area contributed by atoms with Gasteiger partial charge in [-0.05, 0) is 64.2 Å². The highest BCUT2D eigenvalue weighted by atomic mass is 16.6. The van der Waals surface area contributed by atoms with Crippen LogP contribution in [-0.4, -0.2) is 80.6 Å². The number of carbonyl (C=O) groups excluding carboxylic acids is 2. The molecular weight excluding hydrogens is 594 g/mol. The highest BCUT2D eigenvalue weighted by molar-refractivity contribution is 5.72. The van der Waals surface area contributed by atoms with E-state index in [4.69, 9.17) is 14.2 Å². The number of hydrogen-bond donors (Lipinski definition) is 1. The number of quaternary nitrogens is 1. The molecule has 0 aromatic heterocycles. The summed E-state index contributed by atoms with van der Waals surface area (Å²) in [5.41, 5.74) is 0. The van der Waals surface area contributed by atoms with Crippen LogP contribution in [0.1, 0.15) is 117 Å².